The zero-order valence-corrected chi connectivity index (χ0v) is 12.2. The average Bonchev–Trinajstić information content (AvgIpc) is 2.86. The molecule has 1 fully saturated rings. The lowest BCUT2D eigenvalue weighted by molar-refractivity contribution is 0.538. The third-order valence-electron chi connectivity index (χ3n) is 3.83. The number of hydrogen-bond donors (Lipinski definition) is 1. The molecular formula is C16H20N2S. The molecule has 1 aromatic carbocycles. The first kappa shape index (κ1) is 12.9. The van der Waals surface area contributed by atoms with E-state index in [1.165, 1.54) is 29.5 Å². The van der Waals surface area contributed by atoms with Crippen molar-refractivity contribution in [2.45, 2.75) is 31.1 Å². The first-order valence-electron chi connectivity index (χ1n) is 6.94. The van der Waals surface area contributed by atoms with Gasteiger partial charge in [-0.2, -0.15) is 11.8 Å². The fraction of sp³-hybridized carbons (Fsp3) is 0.438. The van der Waals surface area contributed by atoms with E-state index >= 15 is 0 Å². The van der Waals surface area contributed by atoms with Crippen LogP contribution in [0.15, 0.2) is 36.5 Å². The van der Waals surface area contributed by atoms with Crippen molar-refractivity contribution in [2.24, 2.45) is 0 Å². The Bertz CT molecular complexity index is 556. The van der Waals surface area contributed by atoms with E-state index in [1.54, 1.807) is 0 Å². The standard InChI is InChI=1S/C16H20N2S/c1-16(8-4-10-19-16)12-17-11-14-6-2-5-13-7-3-9-18-15(13)14/h2-3,5-7,9,17H,4,8,10-12H2,1H3. The van der Waals surface area contributed by atoms with Gasteiger partial charge < -0.3 is 5.32 Å². The van der Waals surface area contributed by atoms with Gasteiger partial charge in [-0.05, 0) is 37.1 Å². The van der Waals surface area contributed by atoms with Crippen molar-refractivity contribution in [1.82, 2.24) is 10.3 Å². The fourth-order valence-corrected chi connectivity index (χ4v) is 4.02. The van der Waals surface area contributed by atoms with Crippen molar-refractivity contribution in [3.63, 3.8) is 0 Å². The largest absolute Gasteiger partial charge is 0.311 e. The lowest BCUT2D eigenvalue weighted by Crippen LogP contribution is -2.32. The minimum Gasteiger partial charge on any atom is -0.311 e. The minimum atomic E-state index is 0.429. The highest BCUT2D eigenvalue weighted by Gasteiger charge is 2.28. The third-order valence-corrected chi connectivity index (χ3v) is 5.37. The van der Waals surface area contributed by atoms with E-state index < -0.39 is 0 Å². The van der Waals surface area contributed by atoms with Crippen LogP contribution >= 0.6 is 11.8 Å². The van der Waals surface area contributed by atoms with Gasteiger partial charge in [-0.25, -0.2) is 0 Å². The fourth-order valence-electron chi connectivity index (χ4n) is 2.75. The van der Waals surface area contributed by atoms with Gasteiger partial charge in [0.25, 0.3) is 0 Å². The normalized spacial score (nSPS) is 23.0. The summed E-state index contributed by atoms with van der Waals surface area (Å²) in [4.78, 5) is 4.50. The molecule has 0 amide bonds. The molecule has 1 saturated heterocycles. The van der Waals surface area contributed by atoms with Crippen LogP contribution in [0.3, 0.4) is 0 Å². The number of thioether (sulfide) groups is 1. The molecule has 2 aromatic rings. The molecule has 2 nitrogen and oxygen atoms in total. The van der Waals surface area contributed by atoms with Crippen LogP contribution in [0.5, 0.6) is 0 Å². The number of benzene rings is 1. The summed E-state index contributed by atoms with van der Waals surface area (Å²) in [5, 5.41) is 4.84. The predicted octanol–water partition coefficient (Wildman–Crippen LogP) is 3.61. The zero-order chi connectivity index (χ0) is 13.1. The molecule has 0 radical (unpaired) electrons. The molecule has 0 aliphatic carbocycles. The summed E-state index contributed by atoms with van der Waals surface area (Å²) >= 11 is 2.11. The molecule has 1 atom stereocenters. The Balaban J connectivity index is 1.68. The van der Waals surface area contributed by atoms with Crippen LogP contribution in [0, 0.1) is 0 Å². The van der Waals surface area contributed by atoms with Crippen molar-refractivity contribution in [2.75, 3.05) is 12.3 Å². The number of aromatic nitrogens is 1. The van der Waals surface area contributed by atoms with Crippen LogP contribution < -0.4 is 5.32 Å². The zero-order valence-electron chi connectivity index (χ0n) is 11.4. The van der Waals surface area contributed by atoms with Crippen LogP contribution in [0.2, 0.25) is 0 Å². The van der Waals surface area contributed by atoms with Crippen molar-refractivity contribution >= 4 is 22.7 Å². The molecule has 0 spiro atoms. The number of para-hydroxylation sites is 1. The second-order valence-corrected chi connectivity index (χ2v) is 7.18. The molecule has 1 aromatic heterocycles. The van der Waals surface area contributed by atoms with Crippen LogP contribution in [0.4, 0.5) is 0 Å². The first-order chi connectivity index (χ1) is 9.27. The van der Waals surface area contributed by atoms with Crippen LogP contribution in [-0.4, -0.2) is 22.0 Å². The minimum absolute atomic E-state index is 0.429. The van der Waals surface area contributed by atoms with Gasteiger partial charge >= 0.3 is 0 Å². The van der Waals surface area contributed by atoms with E-state index in [0.717, 1.165) is 18.6 Å². The molecule has 2 heterocycles. The van der Waals surface area contributed by atoms with E-state index in [9.17, 15) is 0 Å². The molecule has 3 rings (SSSR count). The topological polar surface area (TPSA) is 24.9 Å². The van der Waals surface area contributed by atoms with E-state index in [4.69, 9.17) is 0 Å². The van der Waals surface area contributed by atoms with Crippen LogP contribution in [0.25, 0.3) is 10.9 Å². The smallest absolute Gasteiger partial charge is 0.0746 e. The van der Waals surface area contributed by atoms with Crippen LogP contribution in [0.1, 0.15) is 25.3 Å². The summed E-state index contributed by atoms with van der Waals surface area (Å²) in [5.41, 5.74) is 2.42. The predicted molar refractivity (Wildman–Crippen MR) is 83.5 cm³/mol. The van der Waals surface area contributed by atoms with Crippen molar-refractivity contribution < 1.29 is 0 Å². The summed E-state index contributed by atoms with van der Waals surface area (Å²) in [6.45, 7) is 4.37. The summed E-state index contributed by atoms with van der Waals surface area (Å²) in [6, 6.07) is 10.5. The Morgan fingerprint density at radius 3 is 3.05 bits per heavy atom. The lowest BCUT2D eigenvalue weighted by Gasteiger charge is -2.23. The van der Waals surface area contributed by atoms with Crippen molar-refractivity contribution in [3.8, 4) is 0 Å². The van der Waals surface area contributed by atoms with E-state index in [1.807, 2.05) is 12.3 Å². The number of nitrogens with one attached hydrogen (secondary N) is 1. The first-order valence-corrected chi connectivity index (χ1v) is 7.93. The maximum Gasteiger partial charge on any atom is 0.0746 e. The molecule has 0 bridgehead atoms. The SMILES string of the molecule is CC1(CNCc2cccc3cccnc23)CCCS1. The van der Waals surface area contributed by atoms with Crippen molar-refractivity contribution in [1.29, 1.82) is 0 Å². The molecule has 19 heavy (non-hydrogen) atoms. The van der Waals surface area contributed by atoms with Gasteiger partial charge in [0.05, 0.1) is 5.52 Å². The summed E-state index contributed by atoms with van der Waals surface area (Å²) in [7, 11) is 0. The van der Waals surface area contributed by atoms with Crippen molar-refractivity contribution in [3.05, 3.63) is 42.1 Å². The maximum absolute atomic E-state index is 4.50. The molecule has 1 aliphatic heterocycles. The Kier molecular flexibility index (Phi) is 3.76. The Morgan fingerprint density at radius 1 is 1.32 bits per heavy atom. The molecule has 1 N–H and O–H groups in total. The second-order valence-electron chi connectivity index (χ2n) is 5.50. The van der Waals surface area contributed by atoms with Gasteiger partial charge in [0, 0.05) is 29.4 Å². The van der Waals surface area contributed by atoms with E-state index in [-0.39, 0.29) is 0 Å². The lowest BCUT2D eigenvalue weighted by atomic mass is 10.1. The number of fused-ring (bicyclic) bond motifs is 1. The highest BCUT2D eigenvalue weighted by Crippen LogP contribution is 2.37. The quantitative estimate of drug-likeness (QED) is 0.920. The molecule has 100 valence electrons. The average molecular weight is 272 g/mol. The third kappa shape index (κ3) is 2.93. The number of nitrogens with zero attached hydrogens (tertiary/aromatic N) is 1. The van der Waals surface area contributed by atoms with Gasteiger partial charge in [-0.15, -0.1) is 0 Å². The number of pyridine rings is 1. The Morgan fingerprint density at radius 2 is 2.21 bits per heavy atom. The van der Waals surface area contributed by atoms with Gasteiger partial charge in [0.15, 0.2) is 0 Å². The molecule has 3 heteroatoms. The maximum atomic E-state index is 4.50. The Hall–Kier alpha value is -1.06. The van der Waals surface area contributed by atoms with Gasteiger partial charge in [0.1, 0.15) is 0 Å². The van der Waals surface area contributed by atoms with Gasteiger partial charge in [-0.3, -0.25) is 4.98 Å². The van der Waals surface area contributed by atoms with Gasteiger partial charge in [0.2, 0.25) is 0 Å². The summed E-state index contributed by atoms with van der Waals surface area (Å²) in [5.74, 6) is 1.31. The highest BCUT2D eigenvalue weighted by molar-refractivity contribution is 8.00. The molecule has 1 aliphatic rings. The van der Waals surface area contributed by atoms with E-state index in [0.29, 0.717) is 4.75 Å². The number of rotatable bonds is 4. The van der Waals surface area contributed by atoms with Crippen LogP contribution in [-0.2, 0) is 6.54 Å². The summed E-state index contributed by atoms with van der Waals surface area (Å²) < 4.78 is 0.429. The highest BCUT2D eigenvalue weighted by atomic mass is 32.2. The monoisotopic (exact) mass is 272 g/mol. The molecule has 0 saturated carbocycles. The van der Waals surface area contributed by atoms with E-state index in [2.05, 4.69) is 53.3 Å². The van der Waals surface area contributed by atoms with Gasteiger partial charge in [-0.1, -0.05) is 24.3 Å². The molecular weight excluding hydrogens is 252 g/mol. The second kappa shape index (κ2) is 5.51. The molecule has 1 unspecified atom stereocenters. The number of hydrogen-bond acceptors (Lipinski definition) is 3. The Labute approximate surface area is 119 Å². The summed E-state index contributed by atoms with van der Waals surface area (Å²) in [6.07, 6.45) is 4.57.